The maximum absolute atomic E-state index is 14.1. The first kappa shape index (κ1) is 23.6. The predicted octanol–water partition coefficient (Wildman–Crippen LogP) is 4.90. The van der Waals surface area contributed by atoms with E-state index in [0.717, 1.165) is 57.4 Å². The van der Waals surface area contributed by atoms with Crippen molar-refractivity contribution in [1.29, 1.82) is 0 Å². The number of methoxy groups -OCH3 is 1. The van der Waals surface area contributed by atoms with Crippen LogP contribution in [0.1, 0.15) is 50.8 Å². The number of H-pyrrole nitrogens is 1. The zero-order valence-electron chi connectivity index (χ0n) is 21.5. The average molecular weight is 532 g/mol. The third-order valence-corrected chi connectivity index (χ3v) is 8.72. The van der Waals surface area contributed by atoms with Crippen molar-refractivity contribution in [3.63, 3.8) is 0 Å². The molecule has 0 saturated carbocycles. The molecule has 0 radical (unpaired) electrons. The van der Waals surface area contributed by atoms with Gasteiger partial charge in [-0.15, -0.1) is 0 Å². The smallest absolute Gasteiger partial charge is 0.337 e. The minimum absolute atomic E-state index is 0.0594. The molecule has 1 atom stereocenters. The number of para-hydroxylation sites is 1. The standard InChI is InChI=1S/C32H25N3O3S/c1-18-25(23-9-5-6-10-26(23)33-18)17-27-30(36)35-29(20-11-13-21(14-12-20)31(37)38-2)24-16-15-19-7-3-4-8-22(19)28(24)34-32(35)39-27/h3-14,17,29,33H,15-16H2,1-2H3/b27-17-/t29-/m0/s1. The maximum Gasteiger partial charge on any atom is 0.337 e. The van der Waals surface area contributed by atoms with Crippen LogP contribution in [-0.4, -0.2) is 22.6 Å². The van der Waals surface area contributed by atoms with E-state index in [1.165, 1.54) is 24.0 Å². The van der Waals surface area contributed by atoms with Gasteiger partial charge in [0.2, 0.25) is 0 Å². The van der Waals surface area contributed by atoms with Crippen molar-refractivity contribution in [2.75, 3.05) is 7.11 Å². The molecule has 2 aliphatic rings. The summed E-state index contributed by atoms with van der Waals surface area (Å²) in [6.07, 6.45) is 3.69. The number of aryl methyl sites for hydroxylation is 2. The molecule has 7 rings (SSSR count). The summed E-state index contributed by atoms with van der Waals surface area (Å²) in [7, 11) is 1.38. The number of rotatable bonds is 3. The van der Waals surface area contributed by atoms with E-state index in [0.29, 0.717) is 14.9 Å². The first-order chi connectivity index (χ1) is 19.0. The number of hydrogen-bond donors (Lipinski definition) is 1. The zero-order chi connectivity index (χ0) is 26.7. The first-order valence-electron chi connectivity index (χ1n) is 12.9. The lowest BCUT2D eigenvalue weighted by atomic mass is 9.83. The van der Waals surface area contributed by atoms with Crippen LogP contribution < -0.4 is 14.9 Å². The number of aromatic amines is 1. The Morgan fingerprint density at radius 3 is 2.64 bits per heavy atom. The number of carbonyl (C=O) groups is 1. The monoisotopic (exact) mass is 531 g/mol. The van der Waals surface area contributed by atoms with E-state index < -0.39 is 0 Å². The number of nitrogens with zero attached hydrogens (tertiary/aromatic N) is 2. The van der Waals surface area contributed by atoms with Gasteiger partial charge in [0, 0.05) is 27.7 Å². The Morgan fingerprint density at radius 1 is 1.05 bits per heavy atom. The molecule has 0 amide bonds. The van der Waals surface area contributed by atoms with E-state index >= 15 is 0 Å². The summed E-state index contributed by atoms with van der Waals surface area (Å²) < 4.78 is 7.37. The molecule has 0 unspecified atom stereocenters. The molecule has 5 aromatic rings. The summed E-state index contributed by atoms with van der Waals surface area (Å²) in [5.41, 5.74) is 8.92. The van der Waals surface area contributed by atoms with E-state index in [1.54, 1.807) is 12.1 Å². The Labute approximate surface area is 228 Å². The van der Waals surface area contributed by atoms with Crippen LogP contribution in [0.25, 0.3) is 22.7 Å². The highest BCUT2D eigenvalue weighted by molar-refractivity contribution is 7.07. The highest BCUT2D eigenvalue weighted by Crippen LogP contribution is 2.41. The zero-order valence-corrected chi connectivity index (χ0v) is 22.3. The van der Waals surface area contributed by atoms with E-state index in [9.17, 15) is 9.59 Å². The number of esters is 1. The lowest BCUT2D eigenvalue weighted by molar-refractivity contribution is 0.0600. The van der Waals surface area contributed by atoms with E-state index in [1.807, 2.05) is 54.0 Å². The van der Waals surface area contributed by atoms with Gasteiger partial charge in [-0.05, 0) is 60.7 Å². The maximum atomic E-state index is 14.1. The molecule has 0 bridgehead atoms. The molecular formula is C32H25N3O3S. The number of nitrogens with one attached hydrogen (secondary N) is 1. The Bertz CT molecular complexity index is 2010. The normalized spacial score (nSPS) is 16.5. The fraction of sp³-hybridized carbons (Fsp3) is 0.156. The number of hydrogen-bond acceptors (Lipinski definition) is 5. The molecule has 0 saturated heterocycles. The number of carbonyl (C=O) groups excluding carboxylic acids is 1. The van der Waals surface area contributed by atoms with Crippen molar-refractivity contribution in [3.8, 4) is 0 Å². The Hall–Kier alpha value is -4.49. The fourth-order valence-electron chi connectivity index (χ4n) is 5.86. The Balaban J connectivity index is 1.47. The van der Waals surface area contributed by atoms with Crippen molar-refractivity contribution in [3.05, 3.63) is 132 Å². The van der Waals surface area contributed by atoms with Gasteiger partial charge < -0.3 is 9.72 Å². The lowest BCUT2D eigenvalue weighted by Gasteiger charge is -2.30. The molecule has 39 heavy (non-hydrogen) atoms. The number of allylic oxidation sites excluding steroid dienone is 1. The molecule has 1 aliphatic carbocycles. The molecule has 192 valence electrons. The van der Waals surface area contributed by atoms with Crippen molar-refractivity contribution in [1.82, 2.24) is 9.55 Å². The van der Waals surface area contributed by atoms with Crippen molar-refractivity contribution >= 4 is 40.0 Å². The van der Waals surface area contributed by atoms with E-state index in [4.69, 9.17) is 9.73 Å². The number of fused-ring (bicyclic) bond motifs is 4. The highest BCUT2D eigenvalue weighted by atomic mass is 32.1. The summed E-state index contributed by atoms with van der Waals surface area (Å²) in [5.74, 6) is -0.383. The van der Waals surface area contributed by atoms with Gasteiger partial charge in [-0.2, -0.15) is 0 Å². The van der Waals surface area contributed by atoms with Crippen molar-refractivity contribution in [2.45, 2.75) is 25.8 Å². The van der Waals surface area contributed by atoms with Gasteiger partial charge in [-0.3, -0.25) is 9.36 Å². The molecular weight excluding hydrogens is 506 g/mol. The second-order valence-corrected chi connectivity index (χ2v) is 10.9. The van der Waals surface area contributed by atoms with Gasteiger partial charge in [-0.1, -0.05) is 65.9 Å². The van der Waals surface area contributed by atoms with Gasteiger partial charge >= 0.3 is 5.97 Å². The van der Waals surface area contributed by atoms with Crippen LogP contribution >= 0.6 is 11.3 Å². The van der Waals surface area contributed by atoms with Crippen LogP contribution in [0.4, 0.5) is 0 Å². The molecule has 0 fully saturated rings. The van der Waals surface area contributed by atoms with Crippen LogP contribution in [0.5, 0.6) is 0 Å². The summed E-state index contributed by atoms with van der Waals surface area (Å²) >= 11 is 1.42. The van der Waals surface area contributed by atoms with Gasteiger partial charge in [0.05, 0.1) is 28.9 Å². The Kier molecular flexibility index (Phi) is 5.49. The van der Waals surface area contributed by atoms with Gasteiger partial charge in [-0.25, -0.2) is 9.79 Å². The number of benzene rings is 3. The van der Waals surface area contributed by atoms with Crippen molar-refractivity contribution in [2.24, 2.45) is 4.99 Å². The van der Waals surface area contributed by atoms with Crippen molar-refractivity contribution < 1.29 is 9.53 Å². The second-order valence-electron chi connectivity index (χ2n) is 9.94. The minimum Gasteiger partial charge on any atom is -0.465 e. The van der Waals surface area contributed by atoms with Gasteiger partial charge in [0.1, 0.15) is 0 Å². The highest BCUT2D eigenvalue weighted by Gasteiger charge is 2.32. The molecule has 2 aromatic heterocycles. The third kappa shape index (κ3) is 3.72. The van der Waals surface area contributed by atoms with E-state index in [2.05, 4.69) is 29.2 Å². The van der Waals surface area contributed by atoms with Gasteiger partial charge in [0.25, 0.3) is 5.56 Å². The number of ether oxygens (including phenoxy) is 1. The molecule has 1 N–H and O–H groups in total. The number of aromatic nitrogens is 2. The quantitative estimate of drug-likeness (QED) is 0.337. The molecule has 0 spiro atoms. The summed E-state index contributed by atoms with van der Waals surface area (Å²) in [5, 5.41) is 1.09. The third-order valence-electron chi connectivity index (χ3n) is 7.74. The minimum atomic E-state index is -0.383. The topological polar surface area (TPSA) is 76.4 Å². The van der Waals surface area contributed by atoms with Crippen LogP contribution in [0.2, 0.25) is 0 Å². The SMILES string of the molecule is COC(=O)c1ccc([C@H]2C3=C(N=c4s/c(=C\c5c(C)[nH]c6ccccc56)c(=O)n42)c2ccccc2CC3)cc1. The second kappa shape index (κ2) is 9.06. The van der Waals surface area contributed by atoms with Gasteiger partial charge in [0.15, 0.2) is 4.80 Å². The van der Waals surface area contributed by atoms with Crippen LogP contribution in [0, 0.1) is 6.92 Å². The molecule has 3 heterocycles. The lowest BCUT2D eigenvalue weighted by Crippen LogP contribution is -2.38. The number of thiazole rings is 1. The van der Waals surface area contributed by atoms with Crippen LogP contribution in [0.15, 0.2) is 88.2 Å². The largest absolute Gasteiger partial charge is 0.465 e. The first-order valence-corrected chi connectivity index (χ1v) is 13.7. The molecule has 7 heteroatoms. The Morgan fingerprint density at radius 2 is 1.82 bits per heavy atom. The fourth-order valence-corrected chi connectivity index (χ4v) is 6.84. The van der Waals surface area contributed by atoms with E-state index in [-0.39, 0.29) is 17.6 Å². The predicted molar refractivity (Wildman–Crippen MR) is 154 cm³/mol. The summed E-state index contributed by atoms with van der Waals surface area (Å²) in [6.45, 7) is 2.03. The molecule has 1 aliphatic heterocycles. The summed E-state index contributed by atoms with van der Waals surface area (Å²) in [4.78, 5) is 35.4. The average Bonchev–Trinajstić information content (AvgIpc) is 3.46. The van der Waals surface area contributed by atoms with Crippen LogP contribution in [-0.2, 0) is 11.2 Å². The van der Waals surface area contributed by atoms with Crippen LogP contribution in [0.3, 0.4) is 0 Å². The summed E-state index contributed by atoms with van der Waals surface area (Å²) in [6, 6.07) is 23.6. The molecule has 3 aromatic carbocycles. The molecule has 6 nitrogen and oxygen atoms in total.